The number of sulfone groups is 1. The number of nitrogens with zero attached hydrogens (tertiary/aromatic N) is 2. The largest absolute Gasteiger partial charge is 0.349 e. The lowest BCUT2D eigenvalue weighted by atomic mass is 9.94. The van der Waals surface area contributed by atoms with E-state index in [9.17, 15) is 13.2 Å². The van der Waals surface area contributed by atoms with Crippen molar-refractivity contribution in [2.45, 2.75) is 37.5 Å². The average molecular weight is 486 g/mol. The average Bonchev–Trinajstić information content (AvgIpc) is 3.67. The molecule has 5 rings (SSSR count). The Morgan fingerprint density at radius 3 is 2.57 bits per heavy atom. The van der Waals surface area contributed by atoms with Gasteiger partial charge in [0.15, 0.2) is 9.84 Å². The third kappa shape index (κ3) is 4.95. The monoisotopic (exact) mass is 485 g/mol. The normalized spacial score (nSPS) is 14.6. The van der Waals surface area contributed by atoms with Crippen LogP contribution in [0.15, 0.2) is 73.2 Å². The number of pyridine rings is 2. The van der Waals surface area contributed by atoms with E-state index < -0.39 is 15.1 Å². The quantitative estimate of drug-likeness (QED) is 0.381. The van der Waals surface area contributed by atoms with Crippen LogP contribution < -0.4 is 5.32 Å². The minimum atomic E-state index is -3.27. The molecular weight excluding hydrogens is 458 g/mol. The van der Waals surface area contributed by atoms with Crippen LogP contribution in [0, 0.1) is 0 Å². The number of nitrogens with one attached hydrogen (secondary N) is 1. The molecule has 0 spiro atoms. The summed E-state index contributed by atoms with van der Waals surface area (Å²) in [5, 5.41) is 3.32. The molecule has 0 aliphatic heterocycles. The van der Waals surface area contributed by atoms with Crippen LogP contribution >= 0.6 is 0 Å². The predicted molar refractivity (Wildman–Crippen MR) is 139 cm³/mol. The van der Waals surface area contributed by atoms with Crippen molar-refractivity contribution in [1.29, 1.82) is 0 Å². The minimum Gasteiger partial charge on any atom is -0.349 e. The van der Waals surface area contributed by atoms with E-state index in [1.54, 1.807) is 18.6 Å². The summed E-state index contributed by atoms with van der Waals surface area (Å²) in [5.74, 6) is -0.104. The minimum absolute atomic E-state index is 0.104. The molecule has 2 aromatic carbocycles. The van der Waals surface area contributed by atoms with Gasteiger partial charge >= 0.3 is 0 Å². The molecular formula is C28H27N3O3S. The number of amides is 1. The first-order valence-electron chi connectivity index (χ1n) is 11.8. The highest BCUT2D eigenvalue weighted by molar-refractivity contribution is 7.90. The summed E-state index contributed by atoms with van der Waals surface area (Å²) >= 11 is 0. The molecule has 1 amide bonds. The van der Waals surface area contributed by atoms with E-state index in [0.717, 1.165) is 51.6 Å². The first-order chi connectivity index (χ1) is 16.8. The maximum absolute atomic E-state index is 12.5. The van der Waals surface area contributed by atoms with Gasteiger partial charge in [0.05, 0.1) is 16.3 Å². The smallest absolute Gasteiger partial charge is 0.253 e. The molecule has 1 aliphatic rings. The molecule has 1 saturated carbocycles. The third-order valence-corrected chi connectivity index (χ3v) is 8.05. The van der Waals surface area contributed by atoms with Crippen molar-refractivity contribution in [2.75, 3.05) is 6.26 Å². The summed E-state index contributed by atoms with van der Waals surface area (Å²) in [6.07, 6.45) is 8.91. The van der Waals surface area contributed by atoms with E-state index in [1.807, 2.05) is 61.5 Å². The Labute approximate surface area is 205 Å². The zero-order valence-electron chi connectivity index (χ0n) is 19.7. The maximum atomic E-state index is 12.5. The zero-order chi connectivity index (χ0) is 24.6. The van der Waals surface area contributed by atoms with Crippen LogP contribution in [0.2, 0.25) is 0 Å². The molecule has 0 bridgehead atoms. The van der Waals surface area contributed by atoms with Crippen molar-refractivity contribution in [1.82, 2.24) is 15.3 Å². The van der Waals surface area contributed by atoms with Gasteiger partial charge < -0.3 is 5.32 Å². The number of fused-ring (bicyclic) bond motifs is 1. The van der Waals surface area contributed by atoms with Crippen molar-refractivity contribution in [3.8, 4) is 22.3 Å². The lowest BCUT2D eigenvalue weighted by Crippen LogP contribution is -2.25. The first-order valence-corrected chi connectivity index (χ1v) is 13.7. The van der Waals surface area contributed by atoms with Crippen LogP contribution in [0.25, 0.3) is 33.2 Å². The third-order valence-electron chi connectivity index (χ3n) is 6.41. The molecule has 35 heavy (non-hydrogen) atoms. The molecule has 6 nitrogen and oxygen atoms in total. The summed E-state index contributed by atoms with van der Waals surface area (Å²) in [4.78, 5) is 21.4. The topological polar surface area (TPSA) is 89.0 Å². The number of rotatable bonds is 7. The Kier molecular flexibility index (Phi) is 6.11. The highest BCUT2D eigenvalue weighted by Gasteiger charge is 2.24. The molecule has 4 aromatic rings. The molecule has 178 valence electrons. The second kappa shape index (κ2) is 9.23. The van der Waals surface area contributed by atoms with Crippen molar-refractivity contribution in [3.05, 3.63) is 84.3 Å². The molecule has 1 unspecified atom stereocenters. The van der Waals surface area contributed by atoms with E-state index in [-0.39, 0.29) is 11.9 Å². The summed E-state index contributed by atoms with van der Waals surface area (Å²) in [5.41, 5.74) is 5.66. The Hall–Kier alpha value is -3.58. The van der Waals surface area contributed by atoms with Crippen molar-refractivity contribution in [2.24, 2.45) is 0 Å². The summed E-state index contributed by atoms with van der Waals surface area (Å²) in [7, 11) is -3.27. The number of hydrogen-bond acceptors (Lipinski definition) is 5. The fourth-order valence-corrected chi connectivity index (χ4v) is 5.73. The number of carbonyl (C=O) groups excluding carboxylic acids is 1. The van der Waals surface area contributed by atoms with Crippen LogP contribution in [0.5, 0.6) is 0 Å². The summed E-state index contributed by atoms with van der Waals surface area (Å²) < 4.78 is 25.0. The standard InChI is InChI=1S/C28H27N3O3S/c1-3-26(35(2,33)34)21-13-20-8-5-11-30-27(20)25(15-21)19-7-4-6-18(12-19)22-14-23(17-29-16-22)28(32)31-24-9-10-24/h4-8,11-17,24,26H,3,9-10H2,1-2H3,(H,31,32). The fraction of sp³-hybridized carbons (Fsp3) is 0.250. The van der Waals surface area contributed by atoms with Gasteiger partial charge in [-0.05, 0) is 66.3 Å². The Morgan fingerprint density at radius 1 is 1.03 bits per heavy atom. The second-order valence-corrected chi connectivity index (χ2v) is 11.4. The number of carbonyl (C=O) groups is 1. The van der Waals surface area contributed by atoms with Gasteiger partial charge in [-0.15, -0.1) is 0 Å². The lowest BCUT2D eigenvalue weighted by molar-refractivity contribution is 0.0950. The molecule has 1 aliphatic carbocycles. The molecule has 1 N–H and O–H groups in total. The molecule has 1 atom stereocenters. The van der Waals surface area contributed by atoms with Crippen molar-refractivity contribution in [3.63, 3.8) is 0 Å². The van der Waals surface area contributed by atoms with E-state index >= 15 is 0 Å². The number of benzene rings is 2. The van der Waals surface area contributed by atoms with Crippen molar-refractivity contribution < 1.29 is 13.2 Å². The molecule has 0 radical (unpaired) electrons. The SMILES string of the molecule is CCC(c1cc(-c2cccc(-c3cncc(C(=O)NC4CC4)c3)c2)c2ncccc2c1)S(C)(=O)=O. The van der Waals surface area contributed by atoms with E-state index in [1.165, 1.54) is 6.26 Å². The Balaban J connectivity index is 1.59. The van der Waals surface area contributed by atoms with Crippen LogP contribution in [-0.4, -0.2) is 36.6 Å². The van der Waals surface area contributed by atoms with Gasteiger partial charge in [0.25, 0.3) is 5.91 Å². The van der Waals surface area contributed by atoms with Gasteiger partial charge in [-0.1, -0.05) is 31.2 Å². The van der Waals surface area contributed by atoms with Crippen LogP contribution in [0.3, 0.4) is 0 Å². The Morgan fingerprint density at radius 2 is 1.83 bits per heavy atom. The van der Waals surface area contributed by atoms with Gasteiger partial charge in [0.2, 0.25) is 0 Å². The summed E-state index contributed by atoms with van der Waals surface area (Å²) in [6, 6.07) is 17.8. The lowest BCUT2D eigenvalue weighted by Gasteiger charge is -2.17. The second-order valence-electron chi connectivity index (χ2n) is 9.16. The van der Waals surface area contributed by atoms with Gasteiger partial charge in [0, 0.05) is 47.4 Å². The summed E-state index contributed by atoms with van der Waals surface area (Å²) in [6.45, 7) is 1.89. The molecule has 2 aromatic heterocycles. The van der Waals surface area contributed by atoms with Gasteiger partial charge in [0.1, 0.15) is 0 Å². The molecule has 7 heteroatoms. The van der Waals surface area contributed by atoms with Crippen LogP contribution in [0.4, 0.5) is 0 Å². The molecule has 1 fully saturated rings. The maximum Gasteiger partial charge on any atom is 0.253 e. The van der Waals surface area contributed by atoms with Crippen LogP contribution in [-0.2, 0) is 9.84 Å². The van der Waals surface area contributed by atoms with Crippen molar-refractivity contribution >= 4 is 26.6 Å². The first kappa shape index (κ1) is 23.2. The van der Waals surface area contributed by atoms with Gasteiger partial charge in [-0.2, -0.15) is 0 Å². The van der Waals surface area contributed by atoms with Gasteiger partial charge in [-0.3, -0.25) is 14.8 Å². The van der Waals surface area contributed by atoms with E-state index in [4.69, 9.17) is 0 Å². The van der Waals surface area contributed by atoms with E-state index in [2.05, 4.69) is 15.3 Å². The Bertz CT molecular complexity index is 1530. The van der Waals surface area contributed by atoms with Crippen LogP contribution in [0.1, 0.15) is 47.4 Å². The van der Waals surface area contributed by atoms with E-state index in [0.29, 0.717) is 12.0 Å². The van der Waals surface area contributed by atoms with Gasteiger partial charge in [-0.25, -0.2) is 8.42 Å². The fourth-order valence-electron chi connectivity index (χ4n) is 4.49. The number of hydrogen-bond donors (Lipinski definition) is 1. The molecule has 0 saturated heterocycles. The highest BCUT2D eigenvalue weighted by Crippen LogP contribution is 2.36. The highest BCUT2D eigenvalue weighted by atomic mass is 32.2. The predicted octanol–water partition coefficient (Wildman–Crippen LogP) is 5.35. The number of aromatic nitrogens is 2. The zero-order valence-corrected chi connectivity index (χ0v) is 20.5. The molecule has 2 heterocycles.